The predicted octanol–water partition coefficient (Wildman–Crippen LogP) is 5.85. The fraction of sp³-hybridized carbons (Fsp3) is 0.630. The van der Waals surface area contributed by atoms with Gasteiger partial charge in [0.1, 0.15) is 4.93 Å². The van der Waals surface area contributed by atoms with Crippen molar-refractivity contribution in [3.8, 4) is 0 Å². The van der Waals surface area contributed by atoms with E-state index in [9.17, 15) is 15.3 Å². The highest BCUT2D eigenvalue weighted by atomic mass is 32.2. The molecule has 3 N–H and O–H groups in total. The van der Waals surface area contributed by atoms with Crippen molar-refractivity contribution in [2.75, 3.05) is 5.75 Å². The Labute approximate surface area is 192 Å². The molecule has 0 amide bonds. The van der Waals surface area contributed by atoms with Gasteiger partial charge in [-0.3, -0.25) is 0 Å². The summed E-state index contributed by atoms with van der Waals surface area (Å²) in [6, 6.07) is 0. The zero-order valence-corrected chi connectivity index (χ0v) is 20.5. The minimum atomic E-state index is -1.03. The molecule has 31 heavy (non-hydrogen) atoms. The number of aliphatic hydroxyl groups is 3. The molecule has 3 aliphatic rings. The van der Waals surface area contributed by atoms with Crippen LogP contribution in [-0.2, 0) is 0 Å². The maximum atomic E-state index is 11.1. The summed E-state index contributed by atoms with van der Waals surface area (Å²) in [6.07, 6.45) is 16.4. The topological polar surface area (TPSA) is 60.7 Å². The van der Waals surface area contributed by atoms with Crippen molar-refractivity contribution in [3.63, 3.8) is 0 Å². The molecule has 0 aromatic rings. The van der Waals surface area contributed by atoms with Gasteiger partial charge in [0.05, 0.1) is 11.7 Å². The molecular weight excluding hydrogens is 404 g/mol. The molecule has 3 nitrogen and oxygen atoms in total. The Kier molecular flexibility index (Phi) is 7.47. The minimum Gasteiger partial charge on any atom is -0.388 e. The van der Waals surface area contributed by atoms with Crippen LogP contribution in [0.5, 0.6) is 0 Å². The maximum absolute atomic E-state index is 11.1. The Morgan fingerprint density at radius 3 is 2.74 bits per heavy atom. The molecule has 0 aromatic heterocycles. The molecule has 4 heteroatoms. The van der Waals surface area contributed by atoms with E-state index in [4.69, 9.17) is 0 Å². The Morgan fingerprint density at radius 2 is 2.06 bits per heavy atom. The number of fused-ring (bicyclic) bond motifs is 1. The van der Waals surface area contributed by atoms with Crippen molar-refractivity contribution in [1.29, 1.82) is 0 Å². The van der Waals surface area contributed by atoms with E-state index >= 15 is 0 Å². The van der Waals surface area contributed by atoms with Crippen LogP contribution in [0.25, 0.3) is 0 Å². The van der Waals surface area contributed by atoms with Crippen LogP contribution in [0.4, 0.5) is 0 Å². The molecule has 172 valence electrons. The predicted molar refractivity (Wildman–Crippen MR) is 132 cm³/mol. The smallest absolute Gasteiger partial charge is 0.117 e. The lowest BCUT2D eigenvalue weighted by atomic mass is 9.64. The van der Waals surface area contributed by atoms with E-state index < -0.39 is 16.6 Å². The van der Waals surface area contributed by atoms with Gasteiger partial charge in [-0.25, -0.2) is 0 Å². The van der Waals surface area contributed by atoms with Crippen LogP contribution in [0.15, 0.2) is 59.3 Å². The van der Waals surface area contributed by atoms with Crippen molar-refractivity contribution in [3.05, 3.63) is 59.3 Å². The van der Waals surface area contributed by atoms with Gasteiger partial charge < -0.3 is 15.3 Å². The van der Waals surface area contributed by atoms with Gasteiger partial charge >= 0.3 is 0 Å². The lowest BCUT2D eigenvalue weighted by molar-refractivity contribution is 0.0609. The van der Waals surface area contributed by atoms with Gasteiger partial charge in [-0.05, 0) is 68.4 Å². The second-order valence-corrected chi connectivity index (χ2v) is 11.7. The zero-order valence-electron chi connectivity index (χ0n) is 19.7. The lowest BCUT2D eigenvalue weighted by Gasteiger charge is -2.41. The molecule has 2 fully saturated rings. The van der Waals surface area contributed by atoms with Crippen molar-refractivity contribution in [2.24, 2.45) is 11.3 Å². The number of aliphatic hydroxyl groups excluding tert-OH is 1. The van der Waals surface area contributed by atoms with E-state index in [0.717, 1.165) is 30.4 Å². The average molecular weight is 445 g/mol. The third-order valence-corrected chi connectivity index (χ3v) is 8.57. The molecule has 0 bridgehead atoms. The van der Waals surface area contributed by atoms with Gasteiger partial charge in [-0.1, -0.05) is 62.0 Å². The summed E-state index contributed by atoms with van der Waals surface area (Å²) in [5.41, 5.74) is 4.22. The van der Waals surface area contributed by atoms with Crippen LogP contribution in [0.3, 0.4) is 0 Å². The third kappa shape index (κ3) is 5.65. The molecule has 0 aromatic carbocycles. The van der Waals surface area contributed by atoms with Crippen molar-refractivity contribution < 1.29 is 15.3 Å². The summed E-state index contributed by atoms with van der Waals surface area (Å²) in [7, 11) is 0. The molecule has 3 aliphatic carbocycles. The first kappa shape index (κ1) is 24.6. The highest BCUT2D eigenvalue weighted by molar-refractivity contribution is 8.00. The highest BCUT2D eigenvalue weighted by Crippen LogP contribution is 2.55. The number of hydrogen-bond donors (Lipinski definition) is 3. The summed E-state index contributed by atoms with van der Waals surface area (Å²) in [5.74, 6) is 1.16. The SMILES string of the molecule is C=C1C(=CC=C2CCC[C@]3(C)C(CC)=CC[C@H]23)C[C@](O)(SCC=CC(C)(C)O)C[C@@H]1O. The quantitative estimate of drug-likeness (QED) is 0.355. The van der Waals surface area contributed by atoms with E-state index in [0.29, 0.717) is 23.5 Å². The minimum absolute atomic E-state index is 0.283. The van der Waals surface area contributed by atoms with E-state index in [1.165, 1.54) is 30.2 Å². The third-order valence-electron chi connectivity index (χ3n) is 7.36. The molecule has 4 atom stereocenters. The number of hydrogen-bond acceptors (Lipinski definition) is 4. The number of rotatable bonds is 6. The van der Waals surface area contributed by atoms with E-state index in [-0.39, 0.29) is 6.42 Å². The fourth-order valence-corrected chi connectivity index (χ4v) is 6.64. The molecule has 2 saturated carbocycles. The standard InChI is InChI=1S/C27H40O3S/c1-6-22-12-13-23-20(9-7-15-26(22,23)5)10-11-21-17-27(30,18-24(28)19(21)2)31-16-8-14-25(3,4)29/h8,10-12,14,23-24,28-30H,2,6-7,9,13,15-18H2,1,3-5H3/t23-,24+,26-,27+/m1/s1. The van der Waals surface area contributed by atoms with E-state index in [2.05, 4.69) is 38.7 Å². The normalized spacial score (nSPS) is 37.0. The van der Waals surface area contributed by atoms with Crippen LogP contribution in [0, 0.1) is 11.3 Å². The monoisotopic (exact) mass is 444 g/mol. The first-order valence-corrected chi connectivity index (χ1v) is 12.7. The Morgan fingerprint density at radius 1 is 1.32 bits per heavy atom. The molecule has 3 rings (SSSR count). The van der Waals surface area contributed by atoms with Crippen molar-refractivity contribution in [1.82, 2.24) is 0 Å². The molecule has 0 saturated heterocycles. The second kappa shape index (κ2) is 9.43. The van der Waals surface area contributed by atoms with Crippen LogP contribution < -0.4 is 0 Å². The first-order valence-electron chi connectivity index (χ1n) is 11.7. The van der Waals surface area contributed by atoms with Gasteiger partial charge in [-0.15, -0.1) is 11.8 Å². The van der Waals surface area contributed by atoms with Gasteiger partial charge in [-0.2, -0.15) is 0 Å². The van der Waals surface area contributed by atoms with E-state index in [1.807, 2.05) is 6.08 Å². The summed E-state index contributed by atoms with van der Waals surface area (Å²) < 4.78 is 0. The lowest BCUT2D eigenvalue weighted by Crippen LogP contribution is -2.37. The molecule has 0 unspecified atom stereocenters. The van der Waals surface area contributed by atoms with E-state index in [1.54, 1.807) is 25.5 Å². The molecular formula is C27H40O3S. The van der Waals surface area contributed by atoms with Crippen molar-refractivity contribution >= 4 is 11.8 Å². The van der Waals surface area contributed by atoms with Crippen LogP contribution in [0.1, 0.15) is 72.6 Å². The Hall–Kier alpha value is -1.07. The Balaban J connectivity index is 1.74. The maximum Gasteiger partial charge on any atom is 0.117 e. The summed E-state index contributed by atoms with van der Waals surface area (Å²) in [5, 5.41) is 31.5. The van der Waals surface area contributed by atoms with Crippen LogP contribution in [0.2, 0.25) is 0 Å². The van der Waals surface area contributed by atoms with Crippen LogP contribution >= 0.6 is 11.8 Å². The average Bonchev–Trinajstić information content (AvgIpc) is 3.03. The van der Waals surface area contributed by atoms with Crippen molar-refractivity contribution in [2.45, 2.75) is 89.3 Å². The Bertz CT molecular complexity index is 813. The van der Waals surface area contributed by atoms with Gasteiger partial charge in [0.2, 0.25) is 0 Å². The molecule has 0 radical (unpaired) electrons. The first-order chi connectivity index (χ1) is 14.5. The zero-order chi connectivity index (χ0) is 22.9. The van der Waals surface area contributed by atoms with Gasteiger partial charge in [0.15, 0.2) is 0 Å². The van der Waals surface area contributed by atoms with Gasteiger partial charge in [0.25, 0.3) is 0 Å². The van der Waals surface area contributed by atoms with Gasteiger partial charge in [0, 0.05) is 18.6 Å². The number of allylic oxidation sites excluding steroid dienone is 5. The van der Waals surface area contributed by atoms with Crippen LogP contribution in [-0.4, -0.2) is 37.7 Å². The largest absolute Gasteiger partial charge is 0.388 e. The molecule has 0 spiro atoms. The highest BCUT2D eigenvalue weighted by Gasteiger charge is 2.44. The molecule has 0 aliphatic heterocycles. The number of thioether (sulfide) groups is 1. The fourth-order valence-electron chi connectivity index (χ4n) is 5.60. The summed E-state index contributed by atoms with van der Waals surface area (Å²) in [6.45, 7) is 12.3. The summed E-state index contributed by atoms with van der Waals surface area (Å²) >= 11 is 1.42. The second-order valence-electron chi connectivity index (χ2n) is 10.3. The summed E-state index contributed by atoms with van der Waals surface area (Å²) in [4.78, 5) is -1.03. The molecule has 0 heterocycles.